The van der Waals surface area contributed by atoms with Gasteiger partial charge in [-0.2, -0.15) is 4.52 Å². The molecule has 1 saturated heterocycles. The summed E-state index contributed by atoms with van der Waals surface area (Å²) >= 11 is 0. The van der Waals surface area contributed by atoms with Gasteiger partial charge in [-0.3, -0.25) is 4.98 Å². The lowest BCUT2D eigenvalue weighted by molar-refractivity contribution is 0.191. The number of carbonyl (C=O) groups excluding carboxylic acids is 1. The van der Waals surface area contributed by atoms with E-state index in [0.717, 1.165) is 49.6 Å². The van der Waals surface area contributed by atoms with Crippen molar-refractivity contribution in [2.45, 2.75) is 32.2 Å². The zero-order valence-corrected chi connectivity index (χ0v) is 14.4. The van der Waals surface area contributed by atoms with Crippen LogP contribution in [0.2, 0.25) is 0 Å². The van der Waals surface area contributed by atoms with Crippen LogP contribution < -0.4 is 10.2 Å². The van der Waals surface area contributed by atoms with Gasteiger partial charge in [-0.05, 0) is 26.2 Å². The third kappa shape index (κ3) is 3.29. The largest absolute Gasteiger partial charge is 0.352 e. The molecule has 0 bridgehead atoms. The van der Waals surface area contributed by atoms with E-state index in [-0.39, 0.29) is 12.1 Å². The highest BCUT2D eigenvalue weighted by molar-refractivity contribution is 5.75. The smallest absolute Gasteiger partial charge is 0.317 e. The Morgan fingerprint density at radius 1 is 1.24 bits per heavy atom. The van der Waals surface area contributed by atoms with Crippen LogP contribution in [0.1, 0.15) is 25.1 Å². The van der Waals surface area contributed by atoms with E-state index in [4.69, 9.17) is 0 Å². The molecule has 2 aromatic heterocycles. The molecule has 8 heteroatoms. The van der Waals surface area contributed by atoms with Crippen LogP contribution in [0.25, 0.3) is 5.65 Å². The van der Waals surface area contributed by atoms with Gasteiger partial charge in [-0.1, -0.05) is 12.2 Å². The summed E-state index contributed by atoms with van der Waals surface area (Å²) in [7, 11) is 0. The Morgan fingerprint density at radius 2 is 2.08 bits per heavy atom. The number of carbonyl (C=O) groups is 1. The first-order valence-corrected chi connectivity index (χ1v) is 8.85. The molecule has 132 valence electrons. The first-order valence-electron chi connectivity index (χ1n) is 8.85. The number of hydrogen-bond donors (Lipinski definition) is 1. The fourth-order valence-corrected chi connectivity index (χ4v) is 3.45. The van der Waals surface area contributed by atoms with Crippen molar-refractivity contribution in [3.63, 3.8) is 0 Å². The van der Waals surface area contributed by atoms with Crippen molar-refractivity contribution in [2.75, 3.05) is 31.1 Å². The van der Waals surface area contributed by atoms with Gasteiger partial charge < -0.3 is 15.1 Å². The summed E-state index contributed by atoms with van der Waals surface area (Å²) in [6, 6.07) is 0.208. The van der Waals surface area contributed by atoms with Gasteiger partial charge >= 0.3 is 6.03 Å². The summed E-state index contributed by atoms with van der Waals surface area (Å²) in [5.41, 5.74) is 0.749. The van der Waals surface area contributed by atoms with Crippen LogP contribution in [-0.4, -0.2) is 62.7 Å². The Hall–Kier alpha value is -2.64. The lowest BCUT2D eigenvalue weighted by Crippen LogP contribution is -2.53. The van der Waals surface area contributed by atoms with E-state index in [0.29, 0.717) is 13.1 Å². The van der Waals surface area contributed by atoms with Crippen LogP contribution in [0, 0.1) is 6.92 Å². The maximum atomic E-state index is 12.4. The van der Waals surface area contributed by atoms with Crippen LogP contribution in [-0.2, 0) is 0 Å². The molecule has 0 aromatic carbocycles. The number of amides is 2. The second-order valence-electron chi connectivity index (χ2n) is 6.58. The first-order chi connectivity index (χ1) is 12.2. The molecule has 4 rings (SSSR count). The summed E-state index contributed by atoms with van der Waals surface area (Å²) < 4.78 is 1.82. The molecule has 1 N–H and O–H groups in total. The number of rotatable bonds is 2. The zero-order chi connectivity index (χ0) is 17.2. The number of urea groups is 1. The number of fused-ring (bicyclic) bond motifs is 1. The molecule has 3 heterocycles. The zero-order valence-electron chi connectivity index (χ0n) is 14.4. The quantitative estimate of drug-likeness (QED) is 0.835. The molecule has 0 spiro atoms. The SMILES string of the molecule is Cc1nc2cncc(N3CCN(C(=O)N[C@@H]4C=CCCC4)CC3)n2n1. The number of piperazine rings is 1. The minimum absolute atomic E-state index is 0.0316. The van der Waals surface area contributed by atoms with Crippen molar-refractivity contribution >= 4 is 17.5 Å². The van der Waals surface area contributed by atoms with E-state index in [9.17, 15) is 4.79 Å². The Bertz CT molecular complexity index is 791. The van der Waals surface area contributed by atoms with Crippen molar-refractivity contribution in [3.8, 4) is 0 Å². The first kappa shape index (κ1) is 15.9. The number of allylic oxidation sites excluding steroid dienone is 1. The van der Waals surface area contributed by atoms with Gasteiger partial charge in [0.15, 0.2) is 11.5 Å². The monoisotopic (exact) mass is 341 g/mol. The fraction of sp³-hybridized carbons (Fsp3) is 0.529. The number of nitrogens with one attached hydrogen (secondary N) is 1. The average molecular weight is 341 g/mol. The molecule has 2 aromatic rings. The van der Waals surface area contributed by atoms with Crippen molar-refractivity contribution in [1.82, 2.24) is 29.8 Å². The van der Waals surface area contributed by atoms with Crippen LogP contribution in [0.15, 0.2) is 24.5 Å². The predicted molar refractivity (Wildman–Crippen MR) is 94.6 cm³/mol. The van der Waals surface area contributed by atoms with Gasteiger partial charge in [0.2, 0.25) is 0 Å². The highest BCUT2D eigenvalue weighted by atomic mass is 16.2. The molecule has 0 unspecified atom stereocenters. The molecule has 2 amide bonds. The van der Waals surface area contributed by atoms with E-state index in [2.05, 4.69) is 37.4 Å². The lowest BCUT2D eigenvalue weighted by atomic mass is 10.0. The maximum Gasteiger partial charge on any atom is 0.317 e. The Morgan fingerprint density at radius 3 is 2.84 bits per heavy atom. The van der Waals surface area contributed by atoms with Crippen LogP contribution in [0.5, 0.6) is 0 Å². The van der Waals surface area contributed by atoms with E-state index >= 15 is 0 Å². The average Bonchev–Trinajstić information content (AvgIpc) is 3.03. The standard InChI is InChI=1S/C17H23N7O/c1-13-19-15-11-18-12-16(24(15)21-13)22-7-9-23(10-8-22)17(25)20-14-5-3-2-4-6-14/h3,5,11-12,14H,2,4,6-10H2,1H3,(H,20,25)/t14-/m1/s1. The summed E-state index contributed by atoms with van der Waals surface area (Å²) in [6.07, 6.45) is 11.1. The molecule has 1 fully saturated rings. The van der Waals surface area contributed by atoms with E-state index in [1.165, 1.54) is 0 Å². The molecule has 1 aliphatic carbocycles. The molecule has 25 heavy (non-hydrogen) atoms. The highest BCUT2D eigenvalue weighted by Gasteiger charge is 2.24. The summed E-state index contributed by atoms with van der Waals surface area (Å²) in [5.74, 6) is 1.65. The Balaban J connectivity index is 1.40. The fourth-order valence-electron chi connectivity index (χ4n) is 3.45. The van der Waals surface area contributed by atoms with Gasteiger partial charge in [-0.25, -0.2) is 9.78 Å². The predicted octanol–water partition coefficient (Wildman–Crippen LogP) is 1.37. The van der Waals surface area contributed by atoms with Gasteiger partial charge in [0.1, 0.15) is 5.82 Å². The van der Waals surface area contributed by atoms with Crippen molar-refractivity contribution < 1.29 is 4.79 Å². The molecule has 0 radical (unpaired) electrons. The molecule has 0 saturated carbocycles. The number of hydrogen-bond acceptors (Lipinski definition) is 5. The van der Waals surface area contributed by atoms with Gasteiger partial charge in [-0.15, -0.1) is 5.10 Å². The summed E-state index contributed by atoms with van der Waals surface area (Å²) in [4.78, 5) is 25.2. The molecule has 8 nitrogen and oxygen atoms in total. The van der Waals surface area contributed by atoms with Crippen molar-refractivity contribution in [1.29, 1.82) is 0 Å². The lowest BCUT2D eigenvalue weighted by Gasteiger charge is -2.36. The Labute approximate surface area is 146 Å². The van der Waals surface area contributed by atoms with Crippen LogP contribution in [0.3, 0.4) is 0 Å². The number of aryl methyl sites for hydroxylation is 1. The number of nitrogens with zero attached hydrogens (tertiary/aromatic N) is 6. The van der Waals surface area contributed by atoms with Crippen LogP contribution >= 0.6 is 0 Å². The topological polar surface area (TPSA) is 78.7 Å². The van der Waals surface area contributed by atoms with Gasteiger partial charge in [0.25, 0.3) is 0 Å². The van der Waals surface area contributed by atoms with E-state index in [1.807, 2.05) is 22.5 Å². The van der Waals surface area contributed by atoms with Crippen molar-refractivity contribution in [2.24, 2.45) is 0 Å². The number of aromatic nitrogens is 4. The third-order valence-electron chi connectivity index (χ3n) is 4.79. The van der Waals surface area contributed by atoms with Crippen molar-refractivity contribution in [3.05, 3.63) is 30.4 Å². The van der Waals surface area contributed by atoms with E-state index < -0.39 is 0 Å². The normalized spacial score (nSPS) is 20.9. The molecular formula is C17H23N7O. The Kier molecular flexibility index (Phi) is 4.25. The minimum Gasteiger partial charge on any atom is -0.352 e. The highest BCUT2D eigenvalue weighted by Crippen LogP contribution is 2.17. The molecular weight excluding hydrogens is 318 g/mol. The molecule has 1 aliphatic heterocycles. The molecule has 1 atom stereocenters. The van der Waals surface area contributed by atoms with Crippen LogP contribution in [0.4, 0.5) is 10.6 Å². The second kappa shape index (κ2) is 6.70. The number of anilines is 1. The summed E-state index contributed by atoms with van der Waals surface area (Å²) in [6.45, 7) is 4.76. The van der Waals surface area contributed by atoms with Gasteiger partial charge in [0.05, 0.1) is 12.4 Å². The third-order valence-corrected chi connectivity index (χ3v) is 4.79. The molecule has 2 aliphatic rings. The van der Waals surface area contributed by atoms with Gasteiger partial charge in [0, 0.05) is 32.2 Å². The second-order valence-corrected chi connectivity index (χ2v) is 6.58. The van der Waals surface area contributed by atoms with E-state index in [1.54, 1.807) is 6.20 Å². The summed E-state index contributed by atoms with van der Waals surface area (Å²) in [5, 5.41) is 7.56. The minimum atomic E-state index is 0.0316. The maximum absolute atomic E-state index is 12.4.